The minimum absolute atomic E-state index is 0.192. The summed E-state index contributed by atoms with van der Waals surface area (Å²) in [7, 11) is 0. The number of benzene rings is 1. The van der Waals surface area contributed by atoms with Gasteiger partial charge in [0.05, 0.1) is 5.56 Å². The van der Waals surface area contributed by atoms with Crippen molar-refractivity contribution in [3.8, 4) is 17.4 Å². The summed E-state index contributed by atoms with van der Waals surface area (Å²) in [6, 6.07) is 5.96. The second kappa shape index (κ2) is 9.46. The van der Waals surface area contributed by atoms with Crippen LogP contribution in [0.3, 0.4) is 0 Å². The molecule has 11 heteroatoms. The largest absolute Gasteiger partial charge is 0.481 e. The first-order valence-electron chi connectivity index (χ1n) is 8.36. The number of carbonyl (C=O) groups is 2. The highest BCUT2D eigenvalue weighted by Crippen LogP contribution is 2.34. The number of aromatic nitrogens is 1. The molecule has 0 fully saturated rings. The topological polar surface area (TPSA) is 89.6 Å². The number of nitrogens with one attached hydrogen (secondary N) is 2. The maximum atomic E-state index is 12.6. The van der Waals surface area contributed by atoms with Crippen molar-refractivity contribution in [3.63, 3.8) is 0 Å². The van der Waals surface area contributed by atoms with Crippen molar-refractivity contribution < 1.29 is 32.2 Å². The van der Waals surface area contributed by atoms with Crippen LogP contribution in [0.1, 0.15) is 19.4 Å². The number of amides is 3. The zero-order chi connectivity index (χ0) is 21.6. The molecular weight excluding hydrogens is 415 g/mol. The predicted molar refractivity (Wildman–Crippen MR) is 98.1 cm³/mol. The molecule has 1 atom stereocenters. The summed E-state index contributed by atoms with van der Waals surface area (Å²) in [5.41, 5.74) is -0.988. The van der Waals surface area contributed by atoms with E-state index >= 15 is 0 Å². The van der Waals surface area contributed by atoms with E-state index < -0.39 is 29.8 Å². The summed E-state index contributed by atoms with van der Waals surface area (Å²) in [6.07, 6.45) is -4.89. The van der Waals surface area contributed by atoms with E-state index in [-0.39, 0.29) is 16.7 Å². The van der Waals surface area contributed by atoms with Crippen molar-refractivity contribution >= 4 is 23.5 Å². The van der Waals surface area contributed by atoms with E-state index in [4.69, 9.17) is 21.1 Å². The minimum Gasteiger partial charge on any atom is -0.481 e. The lowest BCUT2D eigenvalue weighted by Crippen LogP contribution is -2.45. The molecule has 3 amide bonds. The number of nitrogens with zero attached hydrogens (tertiary/aromatic N) is 1. The zero-order valence-electron chi connectivity index (χ0n) is 15.3. The molecule has 1 aromatic heterocycles. The van der Waals surface area contributed by atoms with Gasteiger partial charge in [0.1, 0.15) is 16.5 Å². The van der Waals surface area contributed by atoms with E-state index in [2.05, 4.69) is 15.6 Å². The second-order valence-corrected chi connectivity index (χ2v) is 6.10. The van der Waals surface area contributed by atoms with Gasteiger partial charge in [-0.3, -0.25) is 10.1 Å². The van der Waals surface area contributed by atoms with E-state index in [0.29, 0.717) is 18.5 Å². The average molecular weight is 432 g/mol. The Kier molecular flexibility index (Phi) is 7.27. The average Bonchev–Trinajstić information content (AvgIpc) is 2.64. The van der Waals surface area contributed by atoms with Crippen LogP contribution in [-0.2, 0) is 11.0 Å². The molecule has 2 aromatic rings. The fourth-order valence-electron chi connectivity index (χ4n) is 2.03. The molecule has 7 nitrogen and oxygen atoms in total. The molecule has 0 bridgehead atoms. The van der Waals surface area contributed by atoms with Crippen molar-refractivity contribution in [1.82, 2.24) is 15.6 Å². The number of imide groups is 1. The first-order valence-corrected chi connectivity index (χ1v) is 8.74. The van der Waals surface area contributed by atoms with Gasteiger partial charge in [-0.25, -0.2) is 9.78 Å². The van der Waals surface area contributed by atoms with Gasteiger partial charge in [-0.2, -0.15) is 13.2 Å². The van der Waals surface area contributed by atoms with Crippen LogP contribution in [0.15, 0.2) is 36.5 Å². The SMILES string of the molecule is CCNC(=O)NC(=O)C(C)Oc1ccc(Oc2ncc(C(F)(F)F)cc2Cl)cc1. The predicted octanol–water partition coefficient (Wildman–Crippen LogP) is 4.16. The third-order valence-electron chi connectivity index (χ3n) is 3.43. The molecule has 0 saturated heterocycles. The second-order valence-electron chi connectivity index (χ2n) is 5.69. The van der Waals surface area contributed by atoms with Crippen LogP contribution >= 0.6 is 11.6 Å². The maximum Gasteiger partial charge on any atom is 0.417 e. The van der Waals surface area contributed by atoms with Crippen molar-refractivity contribution in [3.05, 3.63) is 47.1 Å². The first kappa shape index (κ1) is 22.3. The number of hydrogen-bond acceptors (Lipinski definition) is 5. The van der Waals surface area contributed by atoms with Gasteiger partial charge in [-0.05, 0) is 44.2 Å². The number of carbonyl (C=O) groups excluding carboxylic acids is 2. The Morgan fingerprint density at radius 2 is 1.83 bits per heavy atom. The van der Waals surface area contributed by atoms with Crippen molar-refractivity contribution in [1.29, 1.82) is 0 Å². The Labute approximate surface area is 169 Å². The van der Waals surface area contributed by atoms with Crippen LogP contribution < -0.4 is 20.1 Å². The van der Waals surface area contributed by atoms with Gasteiger partial charge < -0.3 is 14.8 Å². The molecule has 0 aliphatic rings. The molecule has 0 aliphatic carbocycles. The third-order valence-corrected chi connectivity index (χ3v) is 3.70. The lowest BCUT2D eigenvalue weighted by atomic mass is 10.3. The summed E-state index contributed by atoms with van der Waals surface area (Å²) < 4.78 is 48.7. The smallest absolute Gasteiger partial charge is 0.417 e. The highest BCUT2D eigenvalue weighted by atomic mass is 35.5. The summed E-state index contributed by atoms with van der Waals surface area (Å²) in [5.74, 6) is -0.270. The number of alkyl halides is 3. The molecule has 0 radical (unpaired) electrons. The van der Waals surface area contributed by atoms with E-state index in [1.807, 2.05) is 0 Å². The molecule has 1 heterocycles. The van der Waals surface area contributed by atoms with Gasteiger partial charge in [-0.1, -0.05) is 11.6 Å². The van der Waals surface area contributed by atoms with Gasteiger partial charge in [0, 0.05) is 12.7 Å². The molecule has 1 unspecified atom stereocenters. The van der Waals surface area contributed by atoms with E-state index in [1.54, 1.807) is 6.92 Å². The van der Waals surface area contributed by atoms with Crippen LogP contribution in [0.4, 0.5) is 18.0 Å². The summed E-state index contributed by atoms with van der Waals surface area (Å²) in [4.78, 5) is 26.8. The first-order chi connectivity index (χ1) is 13.6. The fourth-order valence-corrected chi connectivity index (χ4v) is 2.23. The molecule has 2 N–H and O–H groups in total. The lowest BCUT2D eigenvalue weighted by molar-refractivity contribution is -0.137. The number of urea groups is 1. The molecule has 0 spiro atoms. The van der Waals surface area contributed by atoms with Crippen molar-refractivity contribution in [2.75, 3.05) is 6.54 Å². The number of hydrogen-bond donors (Lipinski definition) is 2. The molecule has 29 heavy (non-hydrogen) atoms. The van der Waals surface area contributed by atoms with Crippen molar-refractivity contribution in [2.45, 2.75) is 26.1 Å². The zero-order valence-corrected chi connectivity index (χ0v) is 16.1. The molecule has 2 rings (SSSR count). The fraction of sp³-hybridized carbons (Fsp3) is 0.278. The van der Waals surface area contributed by atoms with Gasteiger partial charge >= 0.3 is 12.2 Å². The van der Waals surface area contributed by atoms with Crippen LogP contribution in [0.25, 0.3) is 0 Å². The van der Waals surface area contributed by atoms with Gasteiger partial charge in [0.2, 0.25) is 5.88 Å². The third kappa shape index (κ3) is 6.53. The summed E-state index contributed by atoms with van der Waals surface area (Å²) in [5, 5.41) is 4.25. The Morgan fingerprint density at radius 1 is 1.21 bits per heavy atom. The standard InChI is InChI=1S/C18H17ClF3N3O4/c1-3-23-17(27)25-15(26)10(2)28-12-4-6-13(7-5-12)29-16-14(19)8-11(9-24-16)18(20,21)22/h4-10H,3H2,1-2H3,(H2,23,25,26,27). The Hall–Kier alpha value is -3.01. The van der Waals surface area contributed by atoms with Gasteiger partial charge in [-0.15, -0.1) is 0 Å². The molecule has 0 saturated carbocycles. The Balaban J connectivity index is 1.98. The van der Waals surface area contributed by atoms with E-state index in [9.17, 15) is 22.8 Å². The van der Waals surface area contributed by atoms with Crippen LogP contribution in [-0.4, -0.2) is 29.6 Å². The van der Waals surface area contributed by atoms with Crippen LogP contribution in [0.5, 0.6) is 17.4 Å². The number of ether oxygens (including phenoxy) is 2. The van der Waals surface area contributed by atoms with Crippen LogP contribution in [0.2, 0.25) is 5.02 Å². The summed E-state index contributed by atoms with van der Waals surface area (Å²) in [6.45, 7) is 3.54. The van der Waals surface area contributed by atoms with Crippen molar-refractivity contribution in [2.24, 2.45) is 0 Å². The summed E-state index contributed by atoms with van der Waals surface area (Å²) >= 11 is 5.79. The number of pyridine rings is 1. The molecule has 0 aliphatic heterocycles. The van der Waals surface area contributed by atoms with Gasteiger partial charge in [0.25, 0.3) is 5.91 Å². The maximum absolute atomic E-state index is 12.6. The molecule has 156 valence electrons. The Bertz CT molecular complexity index is 876. The number of rotatable bonds is 6. The number of halogens is 4. The lowest BCUT2D eigenvalue weighted by Gasteiger charge is -2.15. The quantitative estimate of drug-likeness (QED) is 0.717. The highest BCUT2D eigenvalue weighted by Gasteiger charge is 2.31. The van der Waals surface area contributed by atoms with Gasteiger partial charge in [0.15, 0.2) is 6.10 Å². The van der Waals surface area contributed by atoms with E-state index in [0.717, 1.165) is 6.07 Å². The Morgan fingerprint density at radius 3 is 2.38 bits per heavy atom. The van der Waals surface area contributed by atoms with E-state index in [1.165, 1.54) is 31.2 Å². The van der Waals surface area contributed by atoms with Crippen LogP contribution in [0, 0.1) is 0 Å². The molecular formula is C18H17ClF3N3O4. The highest BCUT2D eigenvalue weighted by molar-refractivity contribution is 6.31. The minimum atomic E-state index is -4.56. The monoisotopic (exact) mass is 431 g/mol. The molecule has 1 aromatic carbocycles. The normalized spacial score (nSPS) is 12.1.